The summed E-state index contributed by atoms with van der Waals surface area (Å²) in [6, 6.07) is 0. The van der Waals surface area contributed by atoms with E-state index in [-0.39, 0.29) is 7.47 Å². The highest BCUT2D eigenvalue weighted by Gasteiger charge is 2.80. The molecular formula is C12H2Br24. The standard InChI is InChI=1S/C12H2Br24/c13-1(14)3(17,18)5(21,22)7(25,26)9(29,30)11(33,34)12(35,36)10(31,32)8(27,28)6(23,24)4(19,20)2(15)16/h1-2H. The highest BCUT2D eigenvalue weighted by Crippen LogP contribution is 2.80. The lowest BCUT2D eigenvalue weighted by molar-refractivity contribution is 0.552. The summed E-state index contributed by atoms with van der Waals surface area (Å²) in [7, 11) is 0. The van der Waals surface area contributed by atoms with E-state index in [1.165, 1.54) is 0 Å². The first-order valence-electron chi connectivity index (χ1n) is 7.48. The van der Waals surface area contributed by atoms with Crippen molar-refractivity contribution in [3.05, 3.63) is 0 Å². The van der Waals surface area contributed by atoms with E-state index in [0.29, 0.717) is 0 Å². The van der Waals surface area contributed by atoms with Gasteiger partial charge >= 0.3 is 0 Å². The summed E-state index contributed by atoms with van der Waals surface area (Å²) < 4.78 is -10.5. The van der Waals surface area contributed by atoms with Crippen LogP contribution in [-0.2, 0) is 0 Å². The van der Waals surface area contributed by atoms with E-state index in [4.69, 9.17) is 0 Å². The van der Waals surface area contributed by atoms with Gasteiger partial charge in [-0.05, 0) is 0 Å². The quantitative estimate of drug-likeness (QED) is 0.181. The Morgan fingerprint density at radius 3 is 0.444 bits per heavy atom. The third-order valence-corrected chi connectivity index (χ3v) is 54.3. The van der Waals surface area contributed by atoms with Crippen molar-refractivity contribution >= 4 is 382 Å². The third kappa shape index (κ3) is 8.26. The Morgan fingerprint density at radius 2 is 0.333 bits per heavy atom. The predicted octanol–water partition coefficient (Wildman–Crippen LogP) is 18.1. The normalized spacial score (nSPS) is 16.8. The number of halogens is 24. The highest BCUT2D eigenvalue weighted by atomic mass is 80.0. The van der Waals surface area contributed by atoms with Crippen LogP contribution in [0.3, 0.4) is 0 Å². The van der Waals surface area contributed by atoms with E-state index in [1.54, 1.807) is 0 Å². The molecule has 0 N–H and O–H groups in total. The van der Waals surface area contributed by atoms with Crippen LogP contribution in [0.2, 0.25) is 0 Å². The minimum Gasteiger partial charge on any atom is -0.0739 e. The molecule has 0 aliphatic heterocycles. The van der Waals surface area contributed by atoms with Crippen LogP contribution in [0, 0.1) is 0 Å². The molecule has 0 aliphatic carbocycles. The van der Waals surface area contributed by atoms with Crippen molar-refractivity contribution in [1.82, 2.24) is 0 Å². The fourth-order valence-electron chi connectivity index (χ4n) is 1.88. The topological polar surface area (TPSA) is 0 Å². The summed E-state index contributed by atoms with van der Waals surface area (Å²) in [5.74, 6) is 0. The predicted molar refractivity (Wildman–Crippen MR) is 249 cm³/mol. The molecule has 0 saturated carbocycles. The van der Waals surface area contributed by atoms with Crippen LogP contribution in [0.5, 0.6) is 0 Å². The maximum absolute atomic E-state index is 3.93. The number of alkyl halides is 24. The first kappa shape index (κ1) is 47.5. The second-order valence-corrected chi connectivity index (χ2v) is 47.2. The number of hydrogen-bond donors (Lipinski definition) is 0. The minimum absolute atomic E-state index is 0.238. The van der Waals surface area contributed by atoms with Gasteiger partial charge in [0.15, 0.2) is 0 Å². The van der Waals surface area contributed by atoms with Crippen LogP contribution in [-0.4, -0.2) is 39.8 Å². The Morgan fingerprint density at radius 1 is 0.222 bits per heavy atom. The van der Waals surface area contributed by atoms with Crippen molar-refractivity contribution in [2.24, 2.45) is 0 Å². The molecule has 0 heterocycles. The van der Waals surface area contributed by atoms with Crippen molar-refractivity contribution in [2.45, 2.75) is 39.8 Å². The molecule has 0 unspecified atom stereocenters. The monoisotopic (exact) mass is 2040 g/mol. The van der Waals surface area contributed by atoms with Crippen molar-refractivity contribution < 1.29 is 0 Å². The second-order valence-electron chi connectivity index (χ2n) is 6.44. The highest BCUT2D eigenvalue weighted by molar-refractivity contribution is 9.38. The molecule has 0 bridgehead atoms. The molecule has 0 radical (unpaired) electrons. The summed E-state index contributed by atoms with van der Waals surface area (Å²) >= 11 is 91.7. The van der Waals surface area contributed by atoms with Gasteiger partial charge in [-0.1, -0.05) is 382 Å². The summed E-state index contributed by atoms with van der Waals surface area (Å²) in [5, 5.41) is 0. The van der Waals surface area contributed by atoms with Crippen molar-refractivity contribution in [1.29, 1.82) is 0 Å². The van der Waals surface area contributed by atoms with Gasteiger partial charge < -0.3 is 0 Å². The lowest BCUT2D eigenvalue weighted by Gasteiger charge is -2.60. The van der Waals surface area contributed by atoms with Crippen molar-refractivity contribution in [2.75, 3.05) is 0 Å². The van der Waals surface area contributed by atoms with Crippen LogP contribution >= 0.6 is 382 Å². The van der Waals surface area contributed by atoms with E-state index in [9.17, 15) is 0 Å². The maximum Gasteiger partial charge on any atom is 0.135 e. The van der Waals surface area contributed by atoms with E-state index in [2.05, 4.69) is 382 Å². The zero-order chi connectivity index (χ0) is 30.2. The molecule has 0 rings (SSSR count). The molecule has 218 valence electrons. The second kappa shape index (κ2) is 16.0. The number of rotatable bonds is 11. The van der Waals surface area contributed by atoms with Gasteiger partial charge in [0, 0.05) is 0 Å². The first-order valence-corrected chi connectivity index (χ1v) is 27.0. The van der Waals surface area contributed by atoms with Gasteiger partial charge in [-0.2, -0.15) is 0 Å². The molecule has 24 heteroatoms. The maximum atomic E-state index is 3.93. The Balaban J connectivity index is 7.16. The Labute approximate surface area is 412 Å². The Kier molecular flexibility index (Phi) is 21.2. The molecule has 0 spiro atoms. The molecule has 0 amide bonds. The van der Waals surface area contributed by atoms with Crippen LogP contribution in [0.4, 0.5) is 0 Å². The smallest absolute Gasteiger partial charge is 0.0739 e. The van der Waals surface area contributed by atoms with Gasteiger partial charge in [0.2, 0.25) is 0 Å². The van der Waals surface area contributed by atoms with E-state index >= 15 is 0 Å². The number of hydrogen-bond acceptors (Lipinski definition) is 0. The van der Waals surface area contributed by atoms with E-state index in [1.807, 2.05) is 0 Å². The van der Waals surface area contributed by atoms with Gasteiger partial charge in [0.1, 0.15) is 32.3 Å². The van der Waals surface area contributed by atoms with Crippen molar-refractivity contribution in [3.8, 4) is 0 Å². The van der Waals surface area contributed by atoms with Gasteiger partial charge in [0.05, 0.1) is 7.47 Å². The van der Waals surface area contributed by atoms with Crippen LogP contribution in [0.25, 0.3) is 0 Å². The molecule has 0 aliphatic rings. The lowest BCUT2D eigenvalue weighted by Crippen LogP contribution is -2.71. The molecule has 0 saturated heterocycles. The average molecular weight is 2060 g/mol. The minimum atomic E-state index is -1.12. The lowest BCUT2D eigenvalue weighted by atomic mass is 10.0. The van der Waals surface area contributed by atoms with Crippen LogP contribution in [0.15, 0.2) is 0 Å². The first-order chi connectivity index (χ1) is 15.1. The van der Waals surface area contributed by atoms with Gasteiger partial charge in [-0.15, -0.1) is 0 Å². The third-order valence-electron chi connectivity index (χ3n) is 4.15. The summed E-state index contributed by atoms with van der Waals surface area (Å²) in [6.07, 6.45) is 0. The molecule has 36 heavy (non-hydrogen) atoms. The van der Waals surface area contributed by atoms with Gasteiger partial charge in [-0.3, -0.25) is 0 Å². The largest absolute Gasteiger partial charge is 0.135 e. The average Bonchev–Trinajstić information content (AvgIpc) is 2.65. The summed E-state index contributed by atoms with van der Waals surface area (Å²) in [4.78, 5) is 0. The van der Waals surface area contributed by atoms with E-state index < -0.39 is 32.3 Å². The molecule has 0 aromatic heterocycles. The Bertz CT molecular complexity index is 721. The SMILES string of the molecule is BrC(Br)C(Br)(Br)C(Br)(Br)C(Br)(Br)C(Br)(Br)C(Br)(Br)C(Br)(Br)C(Br)(Br)C(Br)(Br)C(Br)(Br)C(Br)(Br)C(Br)Br. The summed E-state index contributed by atoms with van der Waals surface area (Å²) in [5.41, 5.74) is 0. The molecule has 0 fully saturated rings. The van der Waals surface area contributed by atoms with Crippen molar-refractivity contribution in [3.63, 3.8) is 0 Å². The summed E-state index contributed by atoms with van der Waals surface area (Å²) in [6.45, 7) is 0. The Hall–Kier alpha value is 11.5. The molecular weight excluding hydrogens is 2060 g/mol. The van der Waals surface area contributed by atoms with Crippen LogP contribution < -0.4 is 0 Å². The van der Waals surface area contributed by atoms with Crippen LogP contribution in [0.1, 0.15) is 0 Å². The van der Waals surface area contributed by atoms with E-state index in [0.717, 1.165) is 0 Å². The fraction of sp³-hybridized carbons (Fsp3) is 1.00. The molecule has 0 aromatic carbocycles. The van der Waals surface area contributed by atoms with Gasteiger partial charge in [-0.25, -0.2) is 0 Å². The zero-order valence-electron chi connectivity index (χ0n) is 15.2. The molecule has 0 aromatic rings. The zero-order valence-corrected chi connectivity index (χ0v) is 53.3. The fourth-order valence-corrected chi connectivity index (χ4v) is 24.7. The molecule has 0 atom stereocenters. The molecule has 0 nitrogen and oxygen atoms in total. The van der Waals surface area contributed by atoms with Gasteiger partial charge in [0.25, 0.3) is 0 Å².